The number of aryl methyl sites for hydroxylation is 1. The smallest absolute Gasteiger partial charge is 0.0453 e. The Morgan fingerprint density at radius 1 is 1.28 bits per heavy atom. The molecule has 4 heteroatoms. The Labute approximate surface area is 122 Å². The molecule has 1 N–H and O–H groups in total. The molecule has 0 radical (unpaired) electrons. The molecule has 2 rings (SSSR count). The van der Waals surface area contributed by atoms with Crippen LogP contribution in [0.4, 0.5) is 0 Å². The lowest BCUT2D eigenvalue weighted by molar-refractivity contribution is 0.594. The van der Waals surface area contributed by atoms with Gasteiger partial charge >= 0.3 is 0 Å². The Hall–Kier alpha value is -0.540. The lowest BCUT2D eigenvalue weighted by atomic mass is 10.0. The molecule has 1 atom stereocenters. The fourth-order valence-electron chi connectivity index (χ4n) is 1.94. The summed E-state index contributed by atoms with van der Waals surface area (Å²) in [5.74, 6) is 0. The van der Waals surface area contributed by atoms with Crippen LogP contribution < -0.4 is 5.32 Å². The first-order chi connectivity index (χ1) is 8.60. The van der Waals surface area contributed by atoms with Gasteiger partial charge in [-0.1, -0.05) is 29.3 Å². The van der Waals surface area contributed by atoms with Crippen LogP contribution in [0.3, 0.4) is 0 Å². The number of hydrogen-bond acceptors (Lipinski definition) is 2. The van der Waals surface area contributed by atoms with Crippen molar-refractivity contribution in [1.29, 1.82) is 0 Å². The van der Waals surface area contributed by atoms with Gasteiger partial charge in [0.2, 0.25) is 0 Å². The Balaban J connectivity index is 2.20. The van der Waals surface area contributed by atoms with E-state index in [1.165, 1.54) is 10.4 Å². The van der Waals surface area contributed by atoms with E-state index in [2.05, 4.69) is 23.7 Å². The third-order valence-corrected chi connectivity index (χ3v) is 4.41. The lowest BCUT2D eigenvalue weighted by Crippen LogP contribution is -2.18. The zero-order valence-corrected chi connectivity index (χ0v) is 12.7. The molecule has 2 aromatic rings. The number of benzene rings is 1. The quantitative estimate of drug-likeness (QED) is 0.849. The van der Waals surface area contributed by atoms with Crippen molar-refractivity contribution >= 4 is 34.5 Å². The third-order valence-electron chi connectivity index (χ3n) is 2.94. The van der Waals surface area contributed by atoms with Crippen LogP contribution in [0.5, 0.6) is 0 Å². The molecule has 1 nitrogen and oxygen atoms in total. The molecule has 96 valence electrons. The molecule has 0 amide bonds. The standard InChI is InChI=1S/C14H15Cl2NS/c1-9-5-11(8-18-9)14(17-2)6-10-3-4-12(15)7-13(10)16/h3-5,7-8,14,17H,6H2,1-2H3. The van der Waals surface area contributed by atoms with Crippen molar-refractivity contribution in [2.24, 2.45) is 0 Å². The normalized spacial score (nSPS) is 12.7. The average molecular weight is 300 g/mol. The summed E-state index contributed by atoms with van der Waals surface area (Å²) in [4.78, 5) is 1.33. The first-order valence-corrected chi connectivity index (χ1v) is 7.40. The van der Waals surface area contributed by atoms with E-state index in [-0.39, 0.29) is 6.04 Å². The number of halogens is 2. The minimum absolute atomic E-state index is 0.286. The van der Waals surface area contributed by atoms with Gasteiger partial charge in [0.1, 0.15) is 0 Å². The molecule has 0 aliphatic carbocycles. The first-order valence-electron chi connectivity index (χ1n) is 5.76. The number of likely N-dealkylation sites (N-methyl/N-ethyl adjacent to an activating group) is 1. The molecule has 0 spiro atoms. The number of nitrogens with one attached hydrogen (secondary N) is 1. The van der Waals surface area contributed by atoms with Gasteiger partial charge < -0.3 is 5.32 Å². The predicted octanol–water partition coefficient (Wildman–Crippen LogP) is 4.87. The fraction of sp³-hybridized carbons (Fsp3) is 0.286. The molecular formula is C14H15Cl2NS. The summed E-state index contributed by atoms with van der Waals surface area (Å²) in [6, 6.07) is 8.18. The Morgan fingerprint density at radius 3 is 2.61 bits per heavy atom. The van der Waals surface area contributed by atoms with Crippen LogP contribution in [0.15, 0.2) is 29.6 Å². The summed E-state index contributed by atoms with van der Waals surface area (Å²) < 4.78 is 0. The molecule has 0 saturated heterocycles. The van der Waals surface area contributed by atoms with Crippen LogP contribution >= 0.6 is 34.5 Å². The van der Waals surface area contributed by atoms with Gasteiger partial charge in [0.05, 0.1) is 0 Å². The largest absolute Gasteiger partial charge is 0.313 e. The second-order valence-electron chi connectivity index (χ2n) is 4.27. The van der Waals surface area contributed by atoms with E-state index in [1.807, 2.05) is 19.2 Å². The summed E-state index contributed by atoms with van der Waals surface area (Å²) in [7, 11) is 1.97. The van der Waals surface area contributed by atoms with Gasteiger partial charge in [-0.25, -0.2) is 0 Å². The number of rotatable bonds is 4. The number of hydrogen-bond donors (Lipinski definition) is 1. The van der Waals surface area contributed by atoms with Crippen LogP contribution in [-0.4, -0.2) is 7.05 Å². The van der Waals surface area contributed by atoms with Crippen LogP contribution in [0, 0.1) is 6.92 Å². The van der Waals surface area contributed by atoms with Crippen molar-refractivity contribution in [3.05, 3.63) is 55.7 Å². The maximum Gasteiger partial charge on any atom is 0.0453 e. The van der Waals surface area contributed by atoms with Crippen LogP contribution in [0.1, 0.15) is 22.0 Å². The predicted molar refractivity (Wildman–Crippen MR) is 81.0 cm³/mol. The molecule has 1 aromatic carbocycles. The summed E-state index contributed by atoms with van der Waals surface area (Å²) in [5.41, 5.74) is 2.43. The second kappa shape index (κ2) is 6.07. The molecule has 18 heavy (non-hydrogen) atoms. The van der Waals surface area contributed by atoms with Gasteiger partial charge in [-0.05, 0) is 55.1 Å². The van der Waals surface area contributed by atoms with Crippen molar-refractivity contribution in [1.82, 2.24) is 5.32 Å². The van der Waals surface area contributed by atoms with Gasteiger partial charge in [-0.15, -0.1) is 11.3 Å². The molecular weight excluding hydrogens is 285 g/mol. The summed E-state index contributed by atoms with van der Waals surface area (Å²) >= 11 is 13.9. The SMILES string of the molecule is CNC(Cc1ccc(Cl)cc1Cl)c1csc(C)c1. The van der Waals surface area contributed by atoms with E-state index in [0.29, 0.717) is 5.02 Å². The number of thiophene rings is 1. The zero-order chi connectivity index (χ0) is 13.1. The van der Waals surface area contributed by atoms with Crippen LogP contribution in [0.25, 0.3) is 0 Å². The van der Waals surface area contributed by atoms with Gasteiger partial charge in [-0.2, -0.15) is 0 Å². The summed E-state index contributed by atoms with van der Waals surface area (Å²) in [6.45, 7) is 2.12. The maximum absolute atomic E-state index is 6.21. The first kappa shape index (κ1) is 13.9. The van der Waals surface area contributed by atoms with E-state index >= 15 is 0 Å². The van der Waals surface area contributed by atoms with Crippen molar-refractivity contribution < 1.29 is 0 Å². The molecule has 0 saturated carbocycles. The van der Waals surface area contributed by atoms with Gasteiger partial charge in [-0.3, -0.25) is 0 Å². The second-order valence-corrected chi connectivity index (χ2v) is 6.23. The highest BCUT2D eigenvalue weighted by atomic mass is 35.5. The molecule has 0 bridgehead atoms. The monoisotopic (exact) mass is 299 g/mol. The Morgan fingerprint density at radius 2 is 2.06 bits per heavy atom. The van der Waals surface area contributed by atoms with Crippen LogP contribution in [-0.2, 0) is 6.42 Å². The van der Waals surface area contributed by atoms with E-state index in [4.69, 9.17) is 23.2 Å². The summed E-state index contributed by atoms with van der Waals surface area (Å²) in [5, 5.41) is 6.94. The van der Waals surface area contributed by atoms with Crippen LogP contribution in [0.2, 0.25) is 10.0 Å². The highest BCUT2D eigenvalue weighted by molar-refractivity contribution is 7.10. The Kier molecular flexibility index (Phi) is 4.68. The van der Waals surface area contributed by atoms with E-state index in [1.54, 1.807) is 17.4 Å². The molecule has 1 aromatic heterocycles. The fourth-order valence-corrected chi connectivity index (χ4v) is 3.18. The highest BCUT2D eigenvalue weighted by Gasteiger charge is 2.13. The van der Waals surface area contributed by atoms with Crippen molar-refractivity contribution in [3.8, 4) is 0 Å². The van der Waals surface area contributed by atoms with Crippen molar-refractivity contribution in [3.63, 3.8) is 0 Å². The van der Waals surface area contributed by atoms with Gasteiger partial charge in [0, 0.05) is 21.0 Å². The lowest BCUT2D eigenvalue weighted by Gasteiger charge is -2.16. The Bertz CT molecular complexity index is 536. The highest BCUT2D eigenvalue weighted by Crippen LogP contribution is 2.28. The van der Waals surface area contributed by atoms with Gasteiger partial charge in [0.15, 0.2) is 0 Å². The minimum atomic E-state index is 0.286. The molecule has 0 aliphatic heterocycles. The third kappa shape index (κ3) is 3.27. The molecule has 1 unspecified atom stereocenters. The van der Waals surface area contributed by atoms with E-state index in [0.717, 1.165) is 17.0 Å². The topological polar surface area (TPSA) is 12.0 Å². The zero-order valence-electron chi connectivity index (χ0n) is 10.3. The maximum atomic E-state index is 6.21. The summed E-state index contributed by atoms with van der Waals surface area (Å²) in [6.07, 6.45) is 0.864. The van der Waals surface area contributed by atoms with Crippen molar-refractivity contribution in [2.75, 3.05) is 7.05 Å². The minimum Gasteiger partial charge on any atom is -0.313 e. The molecule has 0 aliphatic rings. The van der Waals surface area contributed by atoms with Gasteiger partial charge in [0.25, 0.3) is 0 Å². The molecule has 0 fully saturated rings. The average Bonchev–Trinajstić information content (AvgIpc) is 2.75. The van der Waals surface area contributed by atoms with Crippen molar-refractivity contribution in [2.45, 2.75) is 19.4 Å². The van der Waals surface area contributed by atoms with E-state index < -0.39 is 0 Å². The molecule has 1 heterocycles. The van der Waals surface area contributed by atoms with E-state index in [9.17, 15) is 0 Å².